The molecular formula is C14H23NO4. The molecule has 0 radical (unpaired) electrons. The van der Waals surface area contributed by atoms with Gasteiger partial charge in [-0.15, -0.1) is 0 Å². The molecule has 1 saturated carbocycles. The molecule has 108 valence electrons. The molecule has 1 unspecified atom stereocenters. The highest BCUT2D eigenvalue weighted by molar-refractivity contribution is 5.80. The second-order valence-electron chi connectivity index (χ2n) is 5.85. The van der Waals surface area contributed by atoms with Crippen molar-refractivity contribution in [3.63, 3.8) is 0 Å². The van der Waals surface area contributed by atoms with E-state index in [1.54, 1.807) is 0 Å². The lowest BCUT2D eigenvalue weighted by Crippen LogP contribution is -2.47. The molecule has 1 amide bonds. The summed E-state index contributed by atoms with van der Waals surface area (Å²) < 4.78 is 4.77. The average molecular weight is 269 g/mol. The maximum atomic E-state index is 11.4. The lowest BCUT2D eigenvalue weighted by molar-refractivity contribution is -0.141. The molecule has 1 atom stereocenters. The monoisotopic (exact) mass is 269 g/mol. The number of hydrogen-bond acceptors (Lipinski definition) is 3. The Balaban J connectivity index is 2.56. The van der Waals surface area contributed by atoms with Crippen molar-refractivity contribution < 1.29 is 19.4 Å². The number of amides is 1. The van der Waals surface area contributed by atoms with E-state index in [4.69, 9.17) is 4.74 Å². The zero-order valence-electron chi connectivity index (χ0n) is 11.6. The topological polar surface area (TPSA) is 75.6 Å². The van der Waals surface area contributed by atoms with Crippen LogP contribution in [0.25, 0.3) is 0 Å². The van der Waals surface area contributed by atoms with Crippen LogP contribution < -0.4 is 5.32 Å². The predicted molar refractivity (Wildman–Crippen MR) is 71.8 cm³/mol. The largest absolute Gasteiger partial charge is 0.480 e. The third kappa shape index (κ3) is 4.93. The zero-order chi connectivity index (χ0) is 14.5. The van der Waals surface area contributed by atoms with Crippen LogP contribution in [-0.4, -0.2) is 29.8 Å². The summed E-state index contributed by atoms with van der Waals surface area (Å²) in [5, 5.41) is 11.7. The minimum Gasteiger partial charge on any atom is -0.480 e. The molecule has 19 heavy (non-hydrogen) atoms. The van der Waals surface area contributed by atoms with E-state index in [0.29, 0.717) is 0 Å². The molecule has 0 aromatic carbocycles. The van der Waals surface area contributed by atoms with Crippen LogP contribution in [0.4, 0.5) is 4.79 Å². The maximum absolute atomic E-state index is 11.4. The number of carboxylic acid groups (broad SMARTS) is 1. The Bertz CT molecular complexity index is 341. The van der Waals surface area contributed by atoms with Gasteiger partial charge in [0.2, 0.25) is 0 Å². The Morgan fingerprint density at radius 3 is 2.53 bits per heavy atom. The van der Waals surface area contributed by atoms with Crippen LogP contribution in [0.5, 0.6) is 0 Å². The normalized spacial score (nSPS) is 20.3. The zero-order valence-corrected chi connectivity index (χ0v) is 11.6. The number of aliphatic carboxylic acids is 1. The molecule has 1 fully saturated rings. The predicted octanol–water partition coefficient (Wildman–Crippen LogP) is 2.57. The number of nitrogens with one attached hydrogen (secondary N) is 1. The lowest BCUT2D eigenvalue weighted by atomic mass is 9.71. The van der Waals surface area contributed by atoms with Gasteiger partial charge >= 0.3 is 12.1 Å². The van der Waals surface area contributed by atoms with E-state index in [0.717, 1.165) is 25.7 Å². The van der Waals surface area contributed by atoms with E-state index in [1.807, 2.05) is 0 Å². The van der Waals surface area contributed by atoms with Crippen LogP contribution in [0.2, 0.25) is 0 Å². The molecule has 0 aliphatic heterocycles. The molecule has 0 saturated heterocycles. The molecular weight excluding hydrogens is 246 g/mol. The first kappa shape index (κ1) is 15.5. The number of carbonyl (C=O) groups excluding carboxylic acids is 1. The summed E-state index contributed by atoms with van der Waals surface area (Å²) in [5.41, 5.74) is 0.267. The summed E-state index contributed by atoms with van der Waals surface area (Å²) >= 11 is 0. The van der Waals surface area contributed by atoms with E-state index < -0.39 is 18.1 Å². The summed E-state index contributed by atoms with van der Waals surface area (Å²) in [6.07, 6.45) is 4.32. The first-order chi connectivity index (χ1) is 8.85. The summed E-state index contributed by atoms with van der Waals surface area (Å²) in [7, 11) is 0. The number of hydrogen-bond donors (Lipinski definition) is 2. The molecule has 0 aromatic rings. The van der Waals surface area contributed by atoms with Crippen LogP contribution in [0, 0.1) is 11.3 Å². The van der Waals surface area contributed by atoms with Crippen LogP contribution in [0.1, 0.15) is 39.5 Å². The van der Waals surface area contributed by atoms with Crippen LogP contribution in [0.15, 0.2) is 12.7 Å². The van der Waals surface area contributed by atoms with Gasteiger partial charge in [-0.3, -0.25) is 0 Å². The molecule has 2 N–H and O–H groups in total. The number of alkyl carbamates (subject to hydrolysis) is 1. The van der Waals surface area contributed by atoms with Crippen molar-refractivity contribution >= 4 is 12.1 Å². The third-order valence-corrected chi connectivity index (χ3v) is 3.73. The molecule has 5 nitrogen and oxygen atoms in total. The Hall–Kier alpha value is -1.52. The summed E-state index contributed by atoms with van der Waals surface area (Å²) in [6.45, 7) is 7.88. The highest BCUT2D eigenvalue weighted by atomic mass is 16.5. The number of rotatable bonds is 5. The Morgan fingerprint density at radius 2 is 2.05 bits per heavy atom. The van der Waals surface area contributed by atoms with Gasteiger partial charge in [-0.05, 0) is 37.0 Å². The fourth-order valence-electron chi connectivity index (χ4n) is 2.44. The van der Waals surface area contributed by atoms with Crippen molar-refractivity contribution in [3.8, 4) is 0 Å². The quantitative estimate of drug-likeness (QED) is 0.752. The van der Waals surface area contributed by atoms with Gasteiger partial charge < -0.3 is 15.2 Å². The van der Waals surface area contributed by atoms with Crippen molar-refractivity contribution in [2.24, 2.45) is 11.3 Å². The smallest absolute Gasteiger partial charge is 0.408 e. The van der Waals surface area contributed by atoms with Gasteiger partial charge in [-0.25, -0.2) is 9.59 Å². The van der Waals surface area contributed by atoms with Crippen molar-refractivity contribution in [2.75, 3.05) is 6.61 Å². The fourth-order valence-corrected chi connectivity index (χ4v) is 2.44. The highest BCUT2D eigenvalue weighted by Gasteiger charge is 2.35. The van der Waals surface area contributed by atoms with E-state index in [-0.39, 0.29) is 17.9 Å². The van der Waals surface area contributed by atoms with Crippen molar-refractivity contribution in [1.82, 2.24) is 5.32 Å². The lowest BCUT2D eigenvalue weighted by Gasteiger charge is -2.36. The van der Waals surface area contributed by atoms with E-state index in [2.05, 4.69) is 25.7 Å². The first-order valence-electron chi connectivity index (χ1n) is 6.63. The maximum Gasteiger partial charge on any atom is 0.408 e. The van der Waals surface area contributed by atoms with Crippen LogP contribution >= 0.6 is 0 Å². The molecule has 0 aromatic heterocycles. The van der Waals surface area contributed by atoms with Crippen LogP contribution in [0.3, 0.4) is 0 Å². The van der Waals surface area contributed by atoms with Gasteiger partial charge in [0.1, 0.15) is 12.6 Å². The van der Waals surface area contributed by atoms with Gasteiger partial charge in [-0.1, -0.05) is 26.5 Å². The third-order valence-electron chi connectivity index (χ3n) is 3.73. The second-order valence-corrected chi connectivity index (χ2v) is 5.85. The standard InChI is InChI=1S/C14H23NO4/c1-4-9-19-13(18)15-11(12(16)17)10-5-7-14(2,3)8-6-10/h4,10-11H,1,5-9H2,2-3H3,(H,15,18)(H,16,17). The summed E-state index contributed by atoms with van der Waals surface area (Å²) in [4.78, 5) is 22.7. The Morgan fingerprint density at radius 1 is 1.47 bits per heavy atom. The van der Waals surface area contributed by atoms with Gasteiger partial charge in [0.15, 0.2) is 0 Å². The molecule has 1 aliphatic rings. The van der Waals surface area contributed by atoms with Gasteiger partial charge in [-0.2, -0.15) is 0 Å². The minimum atomic E-state index is -1.000. The van der Waals surface area contributed by atoms with Crippen LogP contribution in [-0.2, 0) is 9.53 Å². The number of carboxylic acids is 1. The van der Waals surface area contributed by atoms with Crippen molar-refractivity contribution in [3.05, 3.63) is 12.7 Å². The van der Waals surface area contributed by atoms with Crippen molar-refractivity contribution in [2.45, 2.75) is 45.6 Å². The van der Waals surface area contributed by atoms with Gasteiger partial charge in [0.25, 0.3) is 0 Å². The SMILES string of the molecule is C=CCOC(=O)NC(C(=O)O)C1CCC(C)(C)CC1. The summed E-state index contributed by atoms with van der Waals surface area (Å²) in [5.74, 6) is -1.03. The fraction of sp³-hybridized carbons (Fsp3) is 0.714. The van der Waals surface area contributed by atoms with Gasteiger partial charge in [0.05, 0.1) is 0 Å². The molecule has 1 rings (SSSR count). The van der Waals surface area contributed by atoms with E-state index in [1.165, 1.54) is 6.08 Å². The number of carbonyl (C=O) groups is 2. The number of ether oxygens (including phenoxy) is 1. The Kier molecular flexibility index (Phi) is 5.39. The van der Waals surface area contributed by atoms with Crippen molar-refractivity contribution in [1.29, 1.82) is 0 Å². The summed E-state index contributed by atoms with van der Waals surface area (Å²) in [6, 6.07) is -0.867. The highest BCUT2D eigenvalue weighted by Crippen LogP contribution is 2.39. The van der Waals surface area contributed by atoms with E-state index >= 15 is 0 Å². The second kappa shape index (κ2) is 6.59. The molecule has 0 bridgehead atoms. The van der Waals surface area contributed by atoms with Gasteiger partial charge in [0, 0.05) is 0 Å². The first-order valence-corrected chi connectivity index (χ1v) is 6.63. The average Bonchev–Trinajstić information content (AvgIpc) is 2.33. The minimum absolute atomic E-state index is 0.0261. The molecule has 1 aliphatic carbocycles. The molecule has 0 spiro atoms. The molecule has 5 heteroatoms. The van der Waals surface area contributed by atoms with E-state index in [9.17, 15) is 14.7 Å². The Labute approximate surface area is 114 Å². The molecule has 0 heterocycles.